The van der Waals surface area contributed by atoms with E-state index in [1.54, 1.807) is 4.31 Å². The topological polar surface area (TPSA) is 46.6 Å². The second kappa shape index (κ2) is 4.71. The van der Waals surface area contributed by atoms with Crippen LogP contribution in [0.2, 0.25) is 0 Å². The fourth-order valence-electron chi connectivity index (χ4n) is 3.53. The van der Waals surface area contributed by atoms with Crippen molar-refractivity contribution in [3.05, 3.63) is 30.3 Å². The SMILES string of the molecule is O=S(=O)(CC1CC1)N1CC2CCC2(Oc2ccccc2)C1. The van der Waals surface area contributed by atoms with Crippen LogP contribution in [0.25, 0.3) is 0 Å². The van der Waals surface area contributed by atoms with Gasteiger partial charge in [0, 0.05) is 12.5 Å². The minimum Gasteiger partial charge on any atom is -0.486 e. The molecule has 2 saturated carbocycles. The lowest BCUT2D eigenvalue weighted by atomic mass is 9.71. The molecule has 114 valence electrons. The van der Waals surface area contributed by atoms with E-state index in [1.807, 2.05) is 30.3 Å². The van der Waals surface area contributed by atoms with Gasteiger partial charge in [-0.25, -0.2) is 8.42 Å². The van der Waals surface area contributed by atoms with Gasteiger partial charge in [0.2, 0.25) is 10.0 Å². The number of fused-ring (bicyclic) bond motifs is 1. The quantitative estimate of drug-likeness (QED) is 0.838. The second-order valence-electron chi connectivity index (χ2n) is 6.73. The maximum atomic E-state index is 12.5. The van der Waals surface area contributed by atoms with Crippen molar-refractivity contribution in [1.29, 1.82) is 0 Å². The minimum absolute atomic E-state index is 0.280. The summed E-state index contributed by atoms with van der Waals surface area (Å²) in [7, 11) is -3.10. The van der Waals surface area contributed by atoms with Crippen LogP contribution in [0.5, 0.6) is 5.75 Å². The predicted molar refractivity (Wildman–Crippen MR) is 80.6 cm³/mol. The van der Waals surface area contributed by atoms with E-state index in [0.717, 1.165) is 31.4 Å². The Morgan fingerprint density at radius 2 is 1.95 bits per heavy atom. The maximum Gasteiger partial charge on any atom is 0.214 e. The molecule has 1 heterocycles. The van der Waals surface area contributed by atoms with Crippen molar-refractivity contribution in [3.63, 3.8) is 0 Å². The van der Waals surface area contributed by atoms with E-state index in [1.165, 1.54) is 0 Å². The molecule has 1 aromatic rings. The number of para-hydroxylation sites is 1. The van der Waals surface area contributed by atoms with E-state index in [9.17, 15) is 8.42 Å². The lowest BCUT2D eigenvalue weighted by Gasteiger charge is -2.43. The first-order chi connectivity index (χ1) is 10.1. The van der Waals surface area contributed by atoms with E-state index in [4.69, 9.17) is 4.74 Å². The first kappa shape index (κ1) is 13.6. The zero-order chi connectivity index (χ0) is 14.5. The van der Waals surface area contributed by atoms with Gasteiger partial charge in [-0.2, -0.15) is 4.31 Å². The number of sulfonamides is 1. The Hall–Kier alpha value is -1.07. The van der Waals surface area contributed by atoms with Gasteiger partial charge >= 0.3 is 0 Å². The van der Waals surface area contributed by atoms with Crippen LogP contribution < -0.4 is 4.74 Å². The van der Waals surface area contributed by atoms with Crippen LogP contribution in [-0.4, -0.2) is 37.2 Å². The van der Waals surface area contributed by atoms with Gasteiger partial charge in [-0.15, -0.1) is 0 Å². The van der Waals surface area contributed by atoms with Crippen LogP contribution in [0, 0.1) is 11.8 Å². The number of hydrogen-bond donors (Lipinski definition) is 0. The largest absolute Gasteiger partial charge is 0.486 e. The van der Waals surface area contributed by atoms with Crippen molar-refractivity contribution < 1.29 is 13.2 Å². The van der Waals surface area contributed by atoms with Crippen molar-refractivity contribution in [3.8, 4) is 5.75 Å². The summed E-state index contributed by atoms with van der Waals surface area (Å²) in [5.74, 6) is 1.94. The Kier molecular flexibility index (Phi) is 3.05. The number of benzene rings is 1. The minimum atomic E-state index is -3.10. The molecule has 0 radical (unpaired) electrons. The van der Waals surface area contributed by atoms with E-state index >= 15 is 0 Å². The number of hydrogen-bond acceptors (Lipinski definition) is 3. The Morgan fingerprint density at radius 1 is 1.19 bits per heavy atom. The predicted octanol–water partition coefficient (Wildman–Crippen LogP) is 2.27. The van der Waals surface area contributed by atoms with Crippen LogP contribution in [-0.2, 0) is 10.0 Å². The van der Waals surface area contributed by atoms with Gasteiger partial charge < -0.3 is 4.74 Å². The Balaban J connectivity index is 1.50. The lowest BCUT2D eigenvalue weighted by Crippen LogP contribution is -2.52. The van der Waals surface area contributed by atoms with Gasteiger partial charge in [0.05, 0.1) is 12.3 Å². The molecule has 2 unspecified atom stereocenters. The van der Waals surface area contributed by atoms with E-state index in [0.29, 0.717) is 30.7 Å². The molecule has 1 aromatic carbocycles. The highest BCUT2D eigenvalue weighted by Crippen LogP contribution is 2.48. The number of rotatable bonds is 5. The summed E-state index contributed by atoms with van der Waals surface area (Å²) in [5, 5.41) is 0. The Labute approximate surface area is 126 Å². The van der Waals surface area contributed by atoms with Gasteiger partial charge in [-0.05, 0) is 43.7 Å². The van der Waals surface area contributed by atoms with Crippen LogP contribution in [0.1, 0.15) is 25.7 Å². The molecule has 4 nitrogen and oxygen atoms in total. The third-order valence-corrected chi connectivity index (χ3v) is 7.09. The summed E-state index contributed by atoms with van der Waals surface area (Å²) < 4.78 is 32.8. The third-order valence-electron chi connectivity index (χ3n) is 5.13. The summed E-state index contributed by atoms with van der Waals surface area (Å²) in [6.45, 7) is 1.17. The van der Waals surface area contributed by atoms with Crippen molar-refractivity contribution in [2.45, 2.75) is 31.3 Å². The molecule has 0 N–H and O–H groups in total. The molecular formula is C16H21NO3S. The average molecular weight is 307 g/mol. The molecule has 0 aromatic heterocycles. The zero-order valence-electron chi connectivity index (χ0n) is 12.1. The smallest absolute Gasteiger partial charge is 0.214 e. The summed E-state index contributed by atoms with van der Waals surface area (Å²) in [6.07, 6.45) is 4.18. The Morgan fingerprint density at radius 3 is 2.57 bits per heavy atom. The van der Waals surface area contributed by atoms with Crippen LogP contribution in [0.3, 0.4) is 0 Å². The fraction of sp³-hybridized carbons (Fsp3) is 0.625. The molecule has 1 saturated heterocycles. The third kappa shape index (κ3) is 2.46. The summed E-state index contributed by atoms with van der Waals surface area (Å²) in [4.78, 5) is 0. The molecule has 3 aliphatic rings. The van der Waals surface area contributed by atoms with Crippen molar-refractivity contribution in [2.24, 2.45) is 11.8 Å². The molecule has 0 bridgehead atoms. The molecule has 0 spiro atoms. The van der Waals surface area contributed by atoms with Gasteiger partial charge in [-0.1, -0.05) is 18.2 Å². The molecule has 3 fully saturated rings. The highest BCUT2D eigenvalue weighted by atomic mass is 32.2. The average Bonchev–Trinajstić information content (AvgIpc) is 3.20. The van der Waals surface area contributed by atoms with Crippen LogP contribution >= 0.6 is 0 Å². The van der Waals surface area contributed by atoms with E-state index < -0.39 is 10.0 Å². The highest BCUT2D eigenvalue weighted by Gasteiger charge is 2.57. The zero-order valence-corrected chi connectivity index (χ0v) is 12.9. The summed E-state index contributed by atoms with van der Waals surface area (Å²) >= 11 is 0. The first-order valence-corrected chi connectivity index (χ1v) is 9.40. The highest BCUT2D eigenvalue weighted by molar-refractivity contribution is 7.89. The molecule has 21 heavy (non-hydrogen) atoms. The lowest BCUT2D eigenvalue weighted by molar-refractivity contribution is -0.0337. The van der Waals surface area contributed by atoms with Crippen molar-refractivity contribution in [1.82, 2.24) is 4.31 Å². The first-order valence-electron chi connectivity index (χ1n) is 7.79. The second-order valence-corrected chi connectivity index (χ2v) is 8.74. The molecule has 2 atom stereocenters. The summed E-state index contributed by atoms with van der Waals surface area (Å²) in [6, 6.07) is 9.77. The van der Waals surface area contributed by atoms with Crippen molar-refractivity contribution in [2.75, 3.05) is 18.8 Å². The standard InChI is InChI=1S/C16H21NO3S/c18-21(19,11-13-6-7-13)17-10-14-8-9-16(14,12-17)20-15-4-2-1-3-5-15/h1-5,13-14H,6-12H2. The van der Waals surface area contributed by atoms with Gasteiger partial charge in [0.25, 0.3) is 0 Å². The van der Waals surface area contributed by atoms with Crippen LogP contribution in [0.15, 0.2) is 30.3 Å². The normalized spacial score (nSPS) is 32.5. The number of ether oxygens (including phenoxy) is 1. The van der Waals surface area contributed by atoms with Crippen LogP contribution in [0.4, 0.5) is 0 Å². The van der Waals surface area contributed by atoms with E-state index in [2.05, 4.69) is 0 Å². The molecule has 5 heteroatoms. The number of nitrogens with zero attached hydrogens (tertiary/aromatic N) is 1. The van der Waals surface area contributed by atoms with Gasteiger partial charge in [0.15, 0.2) is 0 Å². The van der Waals surface area contributed by atoms with Crippen molar-refractivity contribution >= 4 is 10.0 Å². The molecule has 0 amide bonds. The van der Waals surface area contributed by atoms with Gasteiger partial charge in [0.1, 0.15) is 11.4 Å². The fourth-order valence-corrected chi connectivity index (χ4v) is 5.50. The molecule has 2 aliphatic carbocycles. The maximum absolute atomic E-state index is 12.5. The van der Waals surface area contributed by atoms with E-state index in [-0.39, 0.29) is 5.60 Å². The Bertz CT molecular complexity index is 626. The molecule has 1 aliphatic heterocycles. The summed E-state index contributed by atoms with van der Waals surface area (Å²) in [5.41, 5.74) is -0.280. The molecular weight excluding hydrogens is 286 g/mol. The molecule has 4 rings (SSSR count). The van der Waals surface area contributed by atoms with Gasteiger partial charge in [-0.3, -0.25) is 0 Å². The monoisotopic (exact) mass is 307 g/mol.